The molecule has 0 saturated heterocycles. The van der Waals surface area contributed by atoms with E-state index in [9.17, 15) is 9.59 Å². The topological polar surface area (TPSA) is 71.1 Å². The van der Waals surface area contributed by atoms with Gasteiger partial charge in [0.1, 0.15) is 5.69 Å². The fraction of sp³-hybridized carbons (Fsp3) is 0.278. The van der Waals surface area contributed by atoms with E-state index < -0.39 is 0 Å². The highest BCUT2D eigenvalue weighted by Crippen LogP contribution is 2.05. The average molecular weight is 311 g/mol. The number of rotatable bonds is 5. The summed E-state index contributed by atoms with van der Waals surface area (Å²) in [5.74, 6) is -0.514. The molecular formula is C18H21N3O2. The number of nitrogens with one attached hydrogen (secondary N) is 2. The van der Waals surface area contributed by atoms with Gasteiger partial charge in [0, 0.05) is 24.3 Å². The predicted molar refractivity (Wildman–Crippen MR) is 89.2 cm³/mol. The summed E-state index contributed by atoms with van der Waals surface area (Å²) in [7, 11) is 0. The Morgan fingerprint density at radius 3 is 2.43 bits per heavy atom. The molecule has 0 bridgehead atoms. The average Bonchev–Trinajstić information content (AvgIpc) is 2.53. The lowest BCUT2D eigenvalue weighted by Crippen LogP contribution is -2.30. The van der Waals surface area contributed by atoms with Gasteiger partial charge in [-0.2, -0.15) is 0 Å². The Morgan fingerprint density at radius 1 is 1.09 bits per heavy atom. The van der Waals surface area contributed by atoms with Crippen molar-refractivity contribution in [3.8, 4) is 0 Å². The van der Waals surface area contributed by atoms with E-state index in [1.165, 1.54) is 17.8 Å². The second-order valence-electron chi connectivity index (χ2n) is 5.73. The van der Waals surface area contributed by atoms with Crippen LogP contribution in [-0.2, 0) is 6.54 Å². The summed E-state index contributed by atoms with van der Waals surface area (Å²) in [6.07, 6.45) is 1.47. The van der Waals surface area contributed by atoms with Crippen LogP contribution in [0.1, 0.15) is 45.8 Å². The van der Waals surface area contributed by atoms with Gasteiger partial charge >= 0.3 is 0 Å². The molecule has 0 radical (unpaired) electrons. The molecule has 0 fully saturated rings. The SMILES string of the molecule is Cc1ccc(CNC(=O)c2cc(C(=O)NC(C)C)ccn2)cc1. The normalized spacial score (nSPS) is 10.4. The van der Waals surface area contributed by atoms with Crippen LogP contribution in [0.25, 0.3) is 0 Å². The minimum Gasteiger partial charge on any atom is -0.350 e. The van der Waals surface area contributed by atoms with Gasteiger partial charge in [0.2, 0.25) is 0 Å². The molecule has 0 atom stereocenters. The van der Waals surface area contributed by atoms with Gasteiger partial charge in [0.05, 0.1) is 0 Å². The summed E-state index contributed by atoms with van der Waals surface area (Å²) in [4.78, 5) is 28.2. The minimum absolute atomic E-state index is 0.0366. The Labute approximate surface area is 136 Å². The molecule has 0 aliphatic heterocycles. The number of benzene rings is 1. The van der Waals surface area contributed by atoms with Crippen molar-refractivity contribution in [2.45, 2.75) is 33.4 Å². The lowest BCUT2D eigenvalue weighted by Gasteiger charge is -2.09. The first kappa shape index (κ1) is 16.7. The largest absolute Gasteiger partial charge is 0.350 e. The van der Waals surface area contributed by atoms with Crippen molar-refractivity contribution in [1.82, 2.24) is 15.6 Å². The molecule has 5 nitrogen and oxygen atoms in total. The van der Waals surface area contributed by atoms with Crippen LogP contribution in [-0.4, -0.2) is 22.8 Å². The molecule has 1 heterocycles. The summed E-state index contributed by atoms with van der Waals surface area (Å²) in [5.41, 5.74) is 2.84. The van der Waals surface area contributed by atoms with E-state index >= 15 is 0 Å². The van der Waals surface area contributed by atoms with Crippen LogP contribution in [0.4, 0.5) is 0 Å². The first-order valence-corrected chi connectivity index (χ1v) is 7.56. The molecule has 0 aliphatic rings. The van der Waals surface area contributed by atoms with Gasteiger partial charge in [-0.05, 0) is 38.5 Å². The third kappa shape index (κ3) is 4.92. The van der Waals surface area contributed by atoms with Crippen molar-refractivity contribution in [1.29, 1.82) is 0 Å². The van der Waals surface area contributed by atoms with E-state index in [-0.39, 0.29) is 23.6 Å². The van der Waals surface area contributed by atoms with Crippen LogP contribution in [0.5, 0.6) is 0 Å². The van der Waals surface area contributed by atoms with Gasteiger partial charge in [-0.1, -0.05) is 29.8 Å². The van der Waals surface area contributed by atoms with Crippen LogP contribution in [0.15, 0.2) is 42.6 Å². The lowest BCUT2D eigenvalue weighted by molar-refractivity contribution is 0.0943. The van der Waals surface area contributed by atoms with E-state index in [4.69, 9.17) is 0 Å². The fourth-order valence-electron chi connectivity index (χ4n) is 2.02. The monoisotopic (exact) mass is 311 g/mol. The number of amides is 2. The number of carbonyl (C=O) groups is 2. The molecule has 0 unspecified atom stereocenters. The maximum Gasteiger partial charge on any atom is 0.270 e. The van der Waals surface area contributed by atoms with Crippen molar-refractivity contribution in [2.24, 2.45) is 0 Å². The Balaban J connectivity index is 2.02. The Hall–Kier alpha value is -2.69. The van der Waals surface area contributed by atoms with Gasteiger partial charge < -0.3 is 10.6 Å². The highest BCUT2D eigenvalue weighted by Gasteiger charge is 2.12. The summed E-state index contributed by atoms with van der Waals surface area (Å²) >= 11 is 0. The van der Waals surface area contributed by atoms with Crippen molar-refractivity contribution < 1.29 is 9.59 Å². The third-order valence-electron chi connectivity index (χ3n) is 3.25. The molecule has 0 saturated carbocycles. The number of aromatic nitrogens is 1. The number of carbonyl (C=O) groups excluding carboxylic acids is 2. The second kappa shape index (κ2) is 7.54. The van der Waals surface area contributed by atoms with Crippen LogP contribution < -0.4 is 10.6 Å². The highest BCUT2D eigenvalue weighted by molar-refractivity contribution is 5.98. The highest BCUT2D eigenvalue weighted by atomic mass is 16.2. The Bertz CT molecular complexity index is 694. The molecule has 2 N–H and O–H groups in total. The van der Waals surface area contributed by atoms with Crippen LogP contribution >= 0.6 is 0 Å². The van der Waals surface area contributed by atoms with Crippen molar-refractivity contribution in [2.75, 3.05) is 0 Å². The molecule has 23 heavy (non-hydrogen) atoms. The summed E-state index contributed by atoms with van der Waals surface area (Å²) < 4.78 is 0. The van der Waals surface area contributed by atoms with E-state index in [2.05, 4.69) is 15.6 Å². The predicted octanol–water partition coefficient (Wildman–Crippen LogP) is 2.46. The molecule has 1 aromatic carbocycles. The first-order valence-electron chi connectivity index (χ1n) is 7.56. The number of hydrogen-bond acceptors (Lipinski definition) is 3. The Morgan fingerprint density at radius 2 is 1.78 bits per heavy atom. The lowest BCUT2D eigenvalue weighted by atomic mass is 10.1. The molecule has 0 aliphatic carbocycles. The quantitative estimate of drug-likeness (QED) is 0.891. The van der Waals surface area contributed by atoms with E-state index in [0.717, 1.165) is 5.56 Å². The Kier molecular flexibility index (Phi) is 5.46. The van der Waals surface area contributed by atoms with Crippen LogP contribution in [0.2, 0.25) is 0 Å². The number of hydrogen-bond donors (Lipinski definition) is 2. The maximum absolute atomic E-state index is 12.2. The van der Waals surface area contributed by atoms with E-state index in [0.29, 0.717) is 12.1 Å². The molecule has 0 spiro atoms. The first-order chi connectivity index (χ1) is 11.0. The molecule has 2 aromatic rings. The minimum atomic E-state index is -0.301. The van der Waals surface area contributed by atoms with Gasteiger partial charge in [-0.25, -0.2) is 0 Å². The van der Waals surface area contributed by atoms with Crippen molar-refractivity contribution >= 4 is 11.8 Å². The van der Waals surface area contributed by atoms with Crippen molar-refractivity contribution in [3.63, 3.8) is 0 Å². The molecule has 1 aromatic heterocycles. The molecular weight excluding hydrogens is 290 g/mol. The van der Waals surface area contributed by atoms with Gasteiger partial charge in [0.25, 0.3) is 11.8 Å². The van der Waals surface area contributed by atoms with E-state index in [1.807, 2.05) is 45.0 Å². The zero-order valence-corrected chi connectivity index (χ0v) is 13.6. The smallest absolute Gasteiger partial charge is 0.270 e. The van der Waals surface area contributed by atoms with Gasteiger partial charge in [0.15, 0.2) is 0 Å². The summed E-state index contributed by atoms with van der Waals surface area (Å²) in [6, 6.07) is 11.1. The third-order valence-corrected chi connectivity index (χ3v) is 3.25. The van der Waals surface area contributed by atoms with Gasteiger partial charge in [-0.15, -0.1) is 0 Å². The summed E-state index contributed by atoms with van der Waals surface area (Å²) in [6.45, 7) is 6.20. The molecule has 2 rings (SSSR count). The van der Waals surface area contributed by atoms with Crippen LogP contribution in [0.3, 0.4) is 0 Å². The molecule has 2 amide bonds. The molecule has 120 valence electrons. The number of nitrogens with zero attached hydrogens (tertiary/aromatic N) is 1. The summed E-state index contributed by atoms with van der Waals surface area (Å²) in [5, 5.41) is 5.60. The fourth-order valence-corrected chi connectivity index (χ4v) is 2.02. The standard InChI is InChI=1S/C18H21N3O2/c1-12(2)21-17(22)15-8-9-19-16(10-15)18(23)20-11-14-6-4-13(3)5-7-14/h4-10,12H,11H2,1-3H3,(H,20,23)(H,21,22). The zero-order chi connectivity index (χ0) is 16.8. The maximum atomic E-state index is 12.2. The van der Waals surface area contributed by atoms with Crippen molar-refractivity contribution in [3.05, 3.63) is 65.0 Å². The van der Waals surface area contributed by atoms with E-state index in [1.54, 1.807) is 6.07 Å². The zero-order valence-electron chi connectivity index (χ0n) is 13.6. The molecule has 5 heteroatoms. The number of pyridine rings is 1. The second-order valence-corrected chi connectivity index (χ2v) is 5.73. The van der Waals surface area contributed by atoms with Crippen LogP contribution in [0, 0.1) is 6.92 Å². The number of aryl methyl sites for hydroxylation is 1. The van der Waals surface area contributed by atoms with Gasteiger partial charge in [-0.3, -0.25) is 14.6 Å².